The molecule has 0 aliphatic carbocycles. The van der Waals surface area contributed by atoms with Gasteiger partial charge in [0.15, 0.2) is 0 Å². The van der Waals surface area contributed by atoms with Gasteiger partial charge in [-0.3, -0.25) is 22.6 Å². The molecule has 0 spiro atoms. The third-order valence-corrected chi connectivity index (χ3v) is 5.89. The van der Waals surface area contributed by atoms with Gasteiger partial charge in [-0.15, -0.1) is 25.2 Å². The highest BCUT2D eigenvalue weighted by atomic mass is 31.2. The molecule has 0 aromatic heterocycles. The molecule has 0 bridgehead atoms. The number of terminal acetylenes is 3. The van der Waals surface area contributed by atoms with Crippen molar-refractivity contribution in [2.75, 3.05) is 66.6 Å². The van der Waals surface area contributed by atoms with Crippen LogP contribution >= 0.6 is 15.6 Å². The number of ether oxygens (including phenoxy) is 2. The van der Waals surface area contributed by atoms with Crippen molar-refractivity contribution in [3.63, 3.8) is 0 Å². The molecule has 2 N–H and O–H groups in total. The number of phosphoric ester groups is 2. The van der Waals surface area contributed by atoms with Crippen LogP contribution in [0.1, 0.15) is 12.8 Å². The standard InChI is InChI=1S/C19H30O11P2/c1-5-8-13-27-32(23,28-14-9-10-20)30-18-19(15-25-11-6-2,16-26-12-7-3)17-29-31(21,22)24-4/h1-3,20H,8-18H2,4H3,(H,21,22). The van der Waals surface area contributed by atoms with E-state index in [4.69, 9.17) is 51.9 Å². The van der Waals surface area contributed by atoms with Crippen molar-refractivity contribution in [2.45, 2.75) is 12.8 Å². The number of hydrogen-bond donors (Lipinski definition) is 2. The lowest BCUT2D eigenvalue weighted by atomic mass is 9.92. The number of aliphatic hydroxyl groups excluding tert-OH is 1. The molecular weight excluding hydrogens is 466 g/mol. The molecule has 0 radical (unpaired) electrons. The van der Waals surface area contributed by atoms with Crippen molar-refractivity contribution >= 4 is 15.6 Å². The maximum absolute atomic E-state index is 13.0. The number of rotatable bonds is 20. The Kier molecular flexibility index (Phi) is 16.6. The minimum atomic E-state index is -4.38. The van der Waals surface area contributed by atoms with Gasteiger partial charge in [-0.25, -0.2) is 9.13 Å². The Morgan fingerprint density at radius 3 is 1.91 bits per heavy atom. The van der Waals surface area contributed by atoms with E-state index in [-0.39, 0.29) is 59.1 Å². The Hall–Kier alpha value is -1.22. The molecule has 0 saturated carbocycles. The van der Waals surface area contributed by atoms with Crippen LogP contribution in [0.2, 0.25) is 0 Å². The summed E-state index contributed by atoms with van der Waals surface area (Å²) in [5.41, 5.74) is -1.31. The van der Waals surface area contributed by atoms with Gasteiger partial charge in [0.2, 0.25) is 0 Å². The molecule has 0 rings (SSSR count). The van der Waals surface area contributed by atoms with E-state index in [0.29, 0.717) is 0 Å². The van der Waals surface area contributed by atoms with Gasteiger partial charge in [0.1, 0.15) is 13.2 Å². The van der Waals surface area contributed by atoms with Gasteiger partial charge in [0.25, 0.3) is 0 Å². The first kappa shape index (κ1) is 30.8. The summed E-state index contributed by atoms with van der Waals surface area (Å²) in [6, 6.07) is 0. The van der Waals surface area contributed by atoms with Crippen molar-refractivity contribution in [2.24, 2.45) is 5.41 Å². The van der Waals surface area contributed by atoms with Gasteiger partial charge < -0.3 is 19.5 Å². The van der Waals surface area contributed by atoms with E-state index in [1.54, 1.807) is 0 Å². The topological polar surface area (TPSA) is 139 Å². The highest BCUT2D eigenvalue weighted by molar-refractivity contribution is 7.48. The second-order valence-electron chi connectivity index (χ2n) is 6.24. The highest BCUT2D eigenvalue weighted by Crippen LogP contribution is 2.51. The maximum Gasteiger partial charge on any atom is 0.474 e. The fraction of sp³-hybridized carbons (Fsp3) is 0.684. The third kappa shape index (κ3) is 14.0. The zero-order chi connectivity index (χ0) is 24.3. The van der Waals surface area contributed by atoms with Gasteiger partial charge in [-0.1, -0.05) is 11.8 Å². The van der Waals surface area contributed by atoms with Crippen LogP contribution in [0.4, 0.5) is 0 Å². The van der Waals surface area contributed by atoms with Crippen LogP contribution in [-0.2, 0) is 41.2 Å². The van der Waals surface area contributed by atoms with Crippen LogP contribution in [0.15, 0.2) is 0 Å². The van der Waals surface area contributed by atoms with E-state index in [1.165, 1.54) is 0 Å². The Labute approximate surface area is 189 Å². The molecule has 182 valence electrons. The third-order valence-electron chi connectivity index (χ3n) is 3.53. The molecule has 0 saturated heterocycles. The average Bonchev–Trinajstić information content (AvgIpc) is 2.77. The summed E-state index contributed by atoms with van der Waals surface area (Å²) in [5.74, 6) is 6.88. The zero-order valence-electron chi connectivity index (χ0n) is 18.0. The predicted molar refractivity (Wildman–Crippen MR) is 115 cm³/mol. The van der Waals surface area contributed by atoms with E-state index in [9.17, 15) is 14.0 Å². The first-order valence-corrected chi connectivity index (χ1v) is 12.3. The van der Waals surface area contributed by atoms with Crippen LogP contribution in [-0.4, -0.2) is 76.6 Å². The van der Waals surface area contributed by atoms with E-state index < -0.39 is 34.3 Å². The number of hydrogen-bond acceptors (Lipinski definition) is 10. The summed E-state index contributed by atoms with van der Waals surface area (Å²) in [7, 11) is -7.53. The molecule has 0 aromatic rings. The first-order chi connectivity index (χ1) is 15.2. The lowest BCUT2D eigenvalue weighted by Gasteiger charge is -2.33. The quantitative estimate of drug-likeness (QED) is 0.144. The molecule has 2 unspecified atom stereocenters. The van der Waals surface area contributed by atoms with E-state index in [0.717, 1.165) is 7.11 Å². The van der Waals surface area contributed by atoms with Crippen LogP contribution < -0.4 is 0 Å². The Balaban J connectivity index is 5.63. The maximum atomic E-state index is 13.0. The summed E-state index contributed by atoms with van der Waals surface area (Å²) in [5, 5.41) is 8.93. The minimum absolute atomic E-state index is 0.0959. The molecule has 11 nitrogen and oxygen atoms in total. The Morgan fingerprint density at radius 2 is 1.41 bits per heavy atom. The van der Waals surface area contributed by atoms with Gasteiger partial charge in [0.05, 0.1) is 45.1 Å². The van der Waals surface area contributed by atoms with Gasteiger partial charge >= 0.3 is 15.6 Å². The molecule has 13 heteroatoms. The van der Waals surface area contributed by atoms with Crippen LogP contribution in [0.5, 0.6) is 0 Å². The summed E-state index contributed by atoms with van der Waals surface area (Å²) < 4.78 is 60.8. The lowest BCUT2D eigenvalue weighted by Crippen LogP contribution is -2.41. The number of phosphoric acid groups is 2. The van der Waals surface area contributed by atoms with Gasteiger partial charge in [0, 0.05) is 20.1 Å². The van der Waals surface area contributed by atoms with Gasteiger partial charge in [-0.2, -0.15) is 0 Å². The molecule has 0 heterocycles. The lowest BCUT2D eigenvalue weighted by molar-refractivity contribution is -0.0673. The minimum Gasteiger partial charge on any atom is -0.396 e. The molecule has 0 aliphatic heterocycles. The van der Waals surface area contributed by atoms with Crippen LogP contribution in [0, 0.1) is 42.4 Å². The SMILES string of the molecule is C#CCCOP(=O)(OCCCO)OCC(COCC#C)(COCC#C)COP(=O)(O)OC. The molecular formula is C19H30O11P2. The molecule has 2 atom stereocenters. The van der Waals surface area contributed by atoms with Gasteiger partial charge in [-0.05, 0) is 6.42 Å². The van der Waals surface area contributed by atoms with E-state index in [1.807, 2.05) is 0 Å². The smallest absolute Gasteiger partial charge is 0.396 e. The van der Waals surface area contributed by atoms with Crippen molar-refractivity contribution in [1.29, 1.82) is 0 Å². The van der Waals surface area contributed by atoms with Crippen molar-refractivity contribution in [3.8, 4) is 37.0 Å². The highest BCUT2D eigenvalue weighted by Gasteiger charge is 2.39. The fourth-order valence-electron chi connectivity index (χ4n) is 1.96. The normalized spacial score (nSPS) is 15.1. The number of aliphatic hydroxyl groups is 1. The zero-order valence-corrected chi connectivity index (χ0v) is 19.8. The average molecular weight is 496 g/mol. The molecule has 0 fully saturated rings. The molecule has 0 amide bonds. The van der Waals surface area contributed by atoms with E-state index >= 15 is 0 Å². The van der Waals surface area contributed by atoms with Crippen LogP contribution in [0.3, 0.4) is 0 Å². The molecule has 0 aliphatic rings. The monoisotopic (exact) mass is 496 g/mol. The second-order valence-corrected chi connectivity index (χ2v) is 9.47. The summed E-state index contributed by atoms with van der Waals surface area (Å²) in [6.07, 6.45) is 15.9. The molecule has 0 aromatic carbocycles. The van der Waals surface area contributed by atoms with Crippen LogP contribution in [0.25, 0.3) is 0 Å². The fourth-order valence-corrected chi connectivity index (χ4v) is 3.82. The van der Waals surface area contributed by atoms with Crippen molar-refractivity contribution in [3.05, 3.63) is 0 Å². The van der Waals surface area contributed by atoms with E-state index in [2.05, 4.69) is 22.3 Å². The summed E-state index contributed by atoms with van der Waals surface area (Å²) in [6.45, 7) is -1.92. The Bertz CT molecular complexity index is 715. The first-order valence-electron chi connectivity index (χ1n) is 9.35. The predicted octanol–water partition coefficient (Wildman–Crippen LogP) is 1.60. The Morgan fingerprint density at radius 1 is 0.844 bits per heavy atom. The van der Waals surface area contributed by atoms with Crippen molar-refractivity contribution in [1.82, 2.24) is 0 Å². The largest absolute Gasteiger partial charge is 0.474 e. The molecule has 32 heavy (non-hydrogen) atoms. The summed E-state index contributed by atoms with van der Waals surface area (Å²) >= 11 is 0. The van der Waals surface area contributed by atoms with Crippen molar-refractivity contribution < 1.29 is 51.2 Å². The summed E-state index contributed by atoms with van der Waals surface area (Å²) in [4.78, 5) is 9.62. The second kappa shape index (κ2) is 17.3.